The van der Waals surface area contributed by atoms with Crippen molar-refractivity contribution in [3.63, 3.8) is 0 Å². The van der Waals surface area contributed by atoms with Crippen LogP contribution in [0.15, 0.2) is 77.8 Å². The first-order chi connectivity index (χ1) is 17.1. The maximum Gasteiger partial charge on any atom is 0.294 e. The first-order valence-corrected chi connectivity index (χ1v) is 13.3. The first-order valence-electron chi connectivity index (χ1n) is 11.0. The number of nitrogens with one attached hydrogen (secondary N) is 1. The van der Waals surface area contributed by atoms with Gasteiger partial charge in [0.05, 0.1) is 16.7 Å². The summed E-state index contributed by atoms with van der Waals surface area (Å²) in [7, 11) is -2.06. The molecule has 1 aliphatic heterocycles. The number of benzene rings is 2. The lowest BCUT2D eigenvalue weighted by molar-refractivity contribution is -0.118. The fourth-order valence-corrected chi connectivity index (χ4v) is 4.89. The van der Waals surface area contributed by atoms with Gasteiger partial charge in [0.15, 0.2) is 0 Å². The number of hydrogen-bond donors (Lipinski definition) is 2. The van der Waals surface area contributed by atoms with E-state index in [0.29, 0.717) is 18.6 Å². The van der Waals surface area contributed by atoms with Crippen LogP contribution >= 0.6 is 11.8 Å². The van der Waals surface area contributed by atoms with Crippen molar-refractivity contribution in [2.75, 3.05) is 25.1 Å². The van der Waals surface area contributed by atoms with Gasteiger partial charge in [-0.3, -0.25) is 19.5 Å². The largest absolute Gasteiger partial charge is 0.492 e. The summed E-state index contributed by atoms with van der Waals surface area (Å²) >= 11 is 1.05. The number of rotatable bonds is 8. The first kappa shape index (κ1) is 29.8. The van der Waals surface area contributed by atoms with Gasteiger partial charge in [-0.05, 0) is 54.8 Å². The van der Waals surface area contributed by atoms with Gasteiger partial charge in [0, 0.05) is 13.2 Å². The van der Waals surface area contributed by atoms with E-state index in [1.54, 1.807) is 31.3 Å². The molecule has 12 heteroatoms. The van der Waals surface area contributed by atoms with E-state index in [1.165, 1.54) is 6.07 Å². The Labute approximate surface area is 220 Å². The second kappa shape index (κ2) is 13.7. The van der Waals surface area contributed by atoms with Gasteiger partial charge in [-0.1, -0.05) is 48.2 Å². The van der Waals surface area contributed by atoms with Crippen LogP contribution in [0.3, 0.4) is 0 Å². The quantitative estimate of drug-likeness (QED) is 0.405. The van der Waals surface area contributed by atoms with Crippen molar-refractivity contribution in [3.05, 3.63) is 84.1 Å². The third kappa shape index (κ3) is 9.17. The fraction of sp³-hybridized carbons (Fsp3) is 0.240. The van der Waals surface area contributed by atoms with E-state index in [-0.39, 0.29) is 26.8 Å². The van der Waals surface area contributed by atoms with Crippen LogP contribution in [0.5, 0.6) is 5.75 Å². The zero-order chi connectivity index (χ0) is 26.1. The molecule has 0 spiro atoms. The van der Waals surface area contributed by atoms with Gasteiger partial charge in [0.2, 0.25) is 5.91 Å². The molecule has 4 N–H and O–H groups in total. The Balaban J connectivity index is 0.000000339. The molecule has 4 rings (SSSR count). The molecule has 2 amide bonds. The molecule has 1 unspecified atom stereocenters. The zero-order valence-corrected chi connectivity index (χ0v) is 22.0. The SMILES string of the molecule is CN(CCOc1ccc(CC2SC(=O)NC2=O)cc1)c1ccccn1.Cc1ccccc1S(=O)(=O)O.O. The Bertz CT molecular complexity index is 1290. The van der Waals surface area contributed by atoms with Gasteiger partial charge in [-0.25, -0.2) is 4.98 Å². The lowest BCUT2D eigenvalue weighted by atomic mass is 10.1. The highest BCUT2D eigenvalue weighted by Gasteiger charge is 2.31. The molecule has 10 nitrogen and oxygen atoms in total. The molecule has 3 aromatic rings. The molecule has 0 aliphatic carbocycles. The monoisotopic (exact) mass is 547 g/mol. The van der Waals surface area contributed by atoms with Crippen LogP contribution in [-0.4, -0.2) is 60.0 Å². The minimum Gasteiger partial charge on any atom is -0.492 e. The van der Waals surface area contributed by atoms with Crippen LogP contribution < -0.4 is 15.0 Å². The number of carbonyl (C=O) groups excluding carboxylic acids is 2. The summed E-state index contributed by atoms with van der Waals surface area (Å²) < 4.78 is 35.6. The predicted molar refractivity (Wildman–Crippen MR) is 143 cm³/mol. The highest BCUT2D eigenvalue weighted by atomic mass is 32.2. The van der Waals surface area contributed by atoms with Crippen molar-refractivity contribution >= 4 is 38.8 Å². The fourth-order valence-electron chi connectivity index (χ4n) is 3.30. The number of anilines is 1. The van der Waals surface area contributed by atoms with Crippen LogP contribution in [0.1, 0.15) is 11.1 Å². The normalized spacial score (nSPS) is 14.6. The Morgan fingerprint density at radius 1 is 1.05 bits per heavy atom. The minimum absolute atomic E-state index is 0. The molecule has 1 saturated heterocycles. The molecule has 37 heavy (non-hydrogen) atoms. The number of carbonyl (C=O) groups is 2. The molecular formula is C25H29N3O7S2. The van der Waals surface area contributed by atoms with E-state index in [0.717, 1.165) is 35.4 Å². The summed E-state index contributed by atoms with van der Waals surface area (Å²) in [5.41, 5.74) is 1.55. The second-order valence-corrected chi connectivity index (χ2v) is 10.5. The Kier molecular flexibility index (Phi) is 11.1. The maximum absolute atomic E-state index is 11.6. The molecule has 1 aliphatic rings. The summed E-state index contributed by atoms with van der Waals surface area (Å²) in [5, 5.41) is 1.69. The van der Waals surface area contributed by atoms with Gasteiger partial charge in [0.1, 0.15) is 18.2 Å². The summed E-state index contributed by atoms with van der Waals surface area (Å²) in [4.78, 5) is 29.1. The highest BCUT2D eigenvalue weighted by molar-refractivity contribution is 8.15. The second-order valence-electron chi connectivity index (χ2n) is 7.93. The van der Waals surface area contributed by atoms with E-state index in [9.17, 15) is 18.0 Å². The predicted octanol–water partition coefficient (Wildman–Crippen LogP) is 2.91. The Morgan fingerprint density at radius 3 is 2.27 bits per heavy atom. The Hall–Kier alpha value is -3.45. The molecule has 0 saturated carbocycles. The number of aryl methyl sites for hydroxylation is 1. The maximum atomic E-state index is 11.6. The number of nitrogens with zero attached hydrogens (tertiary/aromatic N) is 2. The number of amides is 2. The molecule has 1 fully saturated rings. The number of hydrogen-bond acceptors (Lipinski definition) is 8. The smallest absolute Gasteiger partial charge is 0.294 e. The van der Waals surface area contributed by atoms with Crippen LogP contribution in [0.4, 0.5) is 10.6 Å². The number of ether oxygens (including phenoxy) is 1. The van der Waals surface area contributed by atoms with Crippen molar-refractivity contribution in [1.29, 1.82) is 0 Å². The molecule has 2 heterocycles. The van der Waals surface area contributed by atoms with Crippen molar-refractivity contribution in [2.24, 2.45) is 0 Å². The molecule has 0 bridgehead atoms. The van der Waals surface area contributed by atoms with Crippen LogP contribution in [0, 0.1) is 6.92 Å². The lowest BCUT2D eigenvalue weighted by Crippen LogP contribution is -2.25. The third-order valence-electron chi connectivity index (χ3n) is 5.22. The van der Waals surface area contributed by atoms with E-state index in [4.69, 9.17) is 9.29 Å². The molecule has 2 aromatic carbocycles. The third-order valence-corrected chi connectivity index (χ3v) is 7.21. The molecule has 0 radical (unpaired) electrons. The van der Waals surface area contributed by atoms with E-state index < -0.39 is 10.1 Å². The number of likely N-dealkylation sites (N-methyl/N-ethyl adjacent to an activating group) is 1. The summed E-state index contributed by atoms with van der Waals surface area (Å²) in [6, 6.07) is 19.7. The topological polar surface area (TPSA) is 157 Å². The van der Waals surface area contributed by atoms with E-state index in [2.05, 4.69) is 10.3 Å². The summed E-state index contributed by atoms with van der Waals surface area (Å²) in [6.45, 7) is 2.89. The van der Waals surface area contributed by atoms with Gasteiger partial charge >= 0.3 is 0 Å². The lowest BCUT2D eigenvalue weighted by Gasteiger charge is -2.18. The van der Waals surface area contributed by atoms with Crippen LogP contribution in [0.2, 0.25) is 0 Å². The molecular weight excluding hydrogens is 518 g/mol. The van der Waals surface area contributed by atoms with Crippen molar-refractivity contribution in [2.45, 2.75) is 23.5 Å². The summed E-state index contributed by atoms with van der Waals surface area (Å²) in [6.07, 6.45) is 2.30. The Morgan fingerprint density at radius 2 is 1.73 bits per heavy atom. The average Bonchev–Trinajstić information content (AvgIpc) is 3.17. The highest BCUT2D eigenvalue weighted by Crippen LogP contribution is 2.24. The van der Waals surface area contributed by atoms with Gasteiger partial charge < -0.3 is 15.1 Å². The number of imide groups is 1. The van der Waals surface area contributed by atoms with Crippen molar-refractivity contribution < 1.29 is 32.8 Å². The number of aromatic nitrogens is 1. The van der Waals surface area contributed by atoms with E-state index in [1.807, 2.05) is 54.4 Å². The van der Waals surface area contributed by atoms with Crippen molar-refractivity contribution in [1.82, 2.24) is 10.3 Å². The zero-order valence-electron chi connectivity index (χ0n) is 20.3. The molecule has 198 valence electrons. The van der Waals surface area contributed by atoms with E-state index >= 15 is 0 Å². The van der Waals surface area contributed by atoms with Gasteiger partial charge in [-0.15, -0.1) is 0 Å². The average molecular weight is 548 g/mol. The number of thioether (sulfide) groups is 1. The van der Waals surface area contributed by atoms with Gasteiger partial charge in [-0.2, -0.15) is 8.42 Å². The molecule has 1 aromatic heterocycles. The standard InChI is InChI=1S/C18H19N3O3S.C7H8O3S.H2O/c1-21(16-4-2-3-9-19-16)10-11-24-14-7-5-13(6-8-14)12-15-17(22)20-18(23)25-15;1-6-4-2-3-5-7(6)11(8,9)10;/h2-9,15H,10-12H2,1H3,(H,20,22,23);2-5H,1H3,(H,8,9,10);1H2. The minimum atomic E-state index is -4.03. The van der Waals surface area contributed by atoms with Gasteiger partial charge in [0.25, 0.3) is 15.4 Å². The van der Waals surface area contributed by atoms with Crippen LogP contribution in [0.25, 0.3) is 0 Å². The summed E-state index contributed by atoms with van der Waals surface area (Å²) in [5.74, 6) is 1.47. The van der Waals surface area contributed by atoms with Crippen molar-refractivity contribution in [3.8, 4) is 5.75 Å². The molecule has 1 atom stereocenters. The van der Waals surface area contributed by atoms with Crippen LogP contribution in [-0.2, 0) is 21.3 Å². The number of pyridine rings is 1.